The Balaban J connectivity index is 1.78. The highest BCUT2D eigenvalue weighted by Crippen LogP contribution is 2.28. The third kappa shape index (κ3) is 4.73. The molecule has 2 atom stereocenters. The topological polar surface area (TPSA) is 18.5 Å². The van der Waals surface area contributed by atoms with Crippen LogP contribution in [0.1, 0.15) is 45.4 Å². The molecule has 2 fully saturated rings. The highest BCUT2D eigenvalue weighted by atomic mass is 15.2. The summed E-state index contributed by atoms with van der Waals surface area (Å²) in [6.45, 7) is 7.32. The minimum Gasteiger partial charge on any atom is -0.311 e. The molecule has 112 valence electrons. The van der Waals surface area contributed by atoms with Gasteiger partial charge in [-0.25, -0.2) is 0 Å². The minimum absolute atomic E-state index is 0.732. The zero-order valence-corrected chi connectivity index (χ0v) is 13.2. The van der Waals surface area contributed by atoms with Crippen LogP contribution in [0.15, 0.2) is 0 Å². The average molecular weight is 267 g/mol. The fourth-order valence-electron chi connectivity index (χ4n) is 3.68. The molecule has 0 aromatic carbocycles. The second kappa shape index (κ2) is 7.61. The number of nitrogens with one attached hydrogen (secondary N) is 1. The molecule has 0 bridgehead atoms. The molecule has 3 nitrogen and oxygen atoms in total. The largest absolute Gasteiger partial charge is 0.311 e. The molecule has 0 aromatic rings. The van der Waals surface area contributed by atoms with E-state index in [0.29, 0.717) is 0 Å². The summed E-state index contributed by atoms with van der Waals surface area (Å²) < 4.78 is 0. The number of hydrogen-bond acceptors (Lipinski definition) is 3. The van der Waals surface area contributed by atoms with Gasteiger partial charge in [0.1, 0.15) is 0 Å². The molecule has 0 amide bonds. The lowest BCUT2D eigenvalue weighted by Gasteiger charge is -2.42. The quantitative estimate of drug-likeness (QED) is 0.824. The average Bonchev–Trinajstić information content (AvgIpc) is 2.46. The molecule has 19 heavy (non-hydrogen) atoms. The van der Waals surface area contributed by atoms with Crippen LogP contribution in [0.2, 0.25) is 0 Å². The fraction of sp³-hybridized carbons (Fsp3) is 1.00. The predicted octanol–water partition coefficient (Wildman–Crippen LogP) is 2.18. The van der Waals surface area contributed by atoms with Crippen molar-refractivity contribution in [2.24, 2.45) is 5.92 Å². The van der Waals surface area contributed by atoms with Crippen LogP contribution in [0, 0.1) is 5.92 Å². The summed E-state index contributed by atoms with van der Waals surface area (Å²) in [7, 11) is 4.35. The molecule has 2 rings (SSSR count). The van der Waals surface area contributed by atoms with Crippen LogP contribution in [0.25, 0.3) is 0 Å². The monoisotopic (exact) mass is 267 g/mol. The van der Waals surface area contributed by atoms with Gasteiger partial charge in [-0.05, 0) is 52.7 Å². The molecular weight excluding hydrogens is 234 g/mol. The normalized spacial score (nSPS) is 28.7. The van der Waals surface area contributed by atoms with E-state index in [0.717, 1.165) is 18.0 Å². The molecule has 1 saturated heterocycles. The maximum atomic E-state index is 3.79. The Hall–Kier alpha value is -0.120. The van der Waals surface area contributed by atoms with Crippen LogP contribution in [-0.2, 0) is 0 Å². The second-order valence-corrected chi connectivity index (χ2v) is 6.89. The van der Waals surface area contributed by atoms with Crippen LogP contribution < -0.4 is 5.32 Å². The minimum atomic E-state index is 0.732. The van der Waals surface area contributed by atoms with E-state index in [1.807, 2.05) is 0 Å². The van der Waals surface area contributed by atoms with Crippen LogP contribution in [0.3, 0.4) is 0 Å². The van der Waals surface area contributed by atoms with Gasteiger partial charge in [-0.3, -0.25) is 4.90 Å². The first-order chi connectivity index (χ1) is 9.16. The molecule has 0 aromatic heterocycles. The molecule has 1 heterocycles. The van der Waals surface area contributed by atoms with E-state index >= 15 is 0 Å². The molecule has 3 heteroatoms. The van der Waals surface area contributed by atoms with Crippen molar-refractivity contribution in [1.82, 2.24) is 15.1 Å². The van der Waals surface area contributed by atoms with Crippen molar-refractivity contribution in [1.29, 1.82) is 0 Å². The zero-order valence-electron chi connectivity index (χ0n) is 13.2. The SMILES string of the molecule is CC(CCN(C)C)N1CCNC(C2CCCCC2)C1. The van der Waals surface area contributed by atoms with Crippen molar-refractivity contribution in [3.63, 3.8) is 0 Å². The van der Waals surface area contributed by atoms with Crippen molar-refractivity contribution < 1.29 is 0 Å². The van der Waals surface area contributed by atoms with E-state index in [2.05, 4.69) is 36.1 Å². The Bertz CT molecular complexity index is 248. The first kappa shape index (κ1) is 15.3. The van der Waals surface area contributed by atoms with E-state index in [9.17, 15) is 0 Å². The van der Waals surface area contributed by atoms with E-state index in [1.54, 1.807) is 0 Å². The van der Waals surface area contributed by atoms with E-state index < -0.39 is 0 Å². The van der Waals surface area contributed by atoms with Crippen LogP contribution >= 0.6 is 0 Å². The van der Waals surface area contributed by atoms with Crippen molar-refractivity contribution in [2.45, 2.75) is 57.5 Å². The summed E-state index contributed by atoms with van der Waals surface area (Å²) in [6.07, 6.45) is 8.59. The van der Waals surface area contributed by atoms with Crippen molar-refractivity contribution >= 4 is 0 Å². The molecule has 1 saturated carbocycles. The maximum Gasteiger partial charge on any atom is 0.0223 e. The molecule has 1 aliphatic carbocycles. The van der Waals surface area contributed by atoms with Crippen molar-refractivity contribution in [3.05, 3.63) is 0 Å². The Labute approximate surface area is 119 Å². The molecule has 2 aliphatic rings. The van der Waals surface area contributed by atoms with Gasteiger partial charge >= 0.3 is 0 Å². The molecule has 1 aliphatic heterocycles. The van der Waals surface area contributed by atoms with Crippen LogP contribution in [0.5, 0.6) is 0 Å². The van der Waals surface area contributed by atoms with E-state index in [-0.39, 0.29) is 0 Å². The Morgan fingerprint density at radius 2 is 1.95 bits per heavy atom. The van der Waals surface area contributed by atoms with E-state index in [1.165, 1.54) is 64.7 Å². The van der Waals surface area contributed by atoms with Gasteiger partial charge in [0.25, 0.3) is 0 Å². The summed E-state index contributed by atoms with van der Waals surface area (Å²) >= 11 is 0. The Kier molecular flexibility index (Phi) is 6.11. The standard InChI is InChI=1S/C16H33N3/c1-14(9-11-18(2)3)19-12-10-17-16(13-19)15-7-5-4-6-8-15/h14-17H,4-13H2,1-3H3. The van der Waals surface area contributed by atoms with Crippen LogP contribution in [0.4, 0.5) is 0 Å². The smallest absolute Gasteiger partial charge is 0.0223 e. The Morgan fingerprint density at radius 3 is 2.63 bits per heavy atom. The molecule has 0 spiro atoms. The number of nitrogens with zero attached hydrogens (tertiary/aromatic N) is 2. The van der Waals surface area contributed by atoms with Crippen LogP contribution in [-0.4, -0.2) is 62.2 Å². The number of hydrogen-bond donors (Lipinski definition) is 1. The second-order valence-electron chi connectivity index (χ2n) is 6.89. The predicted molar refractivity (Wildman–Crippen MR) is 82.6 cm³/mol. The van der Waals surface area contributed by atoms with Gasteiger partial charge in [-0.15, -0.1) is 0 Å². The van der Waals surface area contributed by atoms with Gasteiger partial charge in [0, 0.05) is 31.7 Å². The fourth-order valence-corrected chi connectivity index (χ4v) is 3.68. The van der Waals surface area contributed by atoms with Gasteiger partial charge in [-0.1, -0.05) is 19.3 Å². The lowest BCUT2D eigenvalue weighted by Crippen LogP contribution is -2.56. The summed E-state index contributed by atoms with van der Waals surface area (Å²) in [5, 5.41) is 3.79. The first-order valence-corrected chi connectivity index (χ1v) is 8.29. The molecule has 2 unspecified atom stereocenters. The van der Waals surface area contributed by atoms with Gasteiger partial charge in [0.15, 0.2) is 0 Å². The number of rotatable bonds is 5. The van der Waals surface area contributed by atoms with Gasteiger partial charge in [-0.2, -0.15) is 0 Å². The summed E-state index contributed by atoms with van der Waals surface area (Å²) in [5.74, 6) is 0.942. The van der Waals surface area contributed by atoms with Gasteiger partial charge < -0.3 is 10.2 Å². The third-order valence-electron chi connectivity index (χ3n) is 5.07. The third-order valence-corrected chi connectivity index (χ3v) is 5.07. The first-order valence-electron chi connectivity index (χ1n) is 8.29. The molecule has 0 radical (unpaired) electrons. The van der Waals surface area contributed by atoms with E-state index in [4.69, 9.17) is 0 Å². The number of piperazine rings is 1. The summed E-state index contributed by atoms with van der Waals surface area (Å²) in [5.41, 5.74) is 0. The highest BCUT2D eigenvalue weighted by molar-refractivity contribution is 4.87. The van der Waals surface area contributed by atoms with Gasteiger partial charge in [0.2, 0.25) is 0 Å². The lowest BCUT2D eigenvalue weighted by atomic mass is 9.83. The van der Waals surface area contributed by atoms with Crippen molar-refractivity contribution in [3.8, 4) is 0 Å². The highest BCUT2D eigenvalue weighted by Gasteiger charge is 2.29. The molecule has 1 N–H and O–H groups in total. The molecular formula is C16H33N3. The van der Waals surface area contributed by atoms with Crippen molar-refractivity contribution in [2.75, 3.05) is 40.3 Å². The zero-order chi connectivity index (χ0) is 13.7. The van der Waals surface area contributed by atoms with Gasteiger partial charge in [0.05, 0.1) is 0 Å². The summed E-state index contributed by atoms with van der Waals surface area (Å²) in [4.78, 5) is 5.02. The Morgan fingerprint density at radius 1 is 1.21 bits per heavy atom. The lowest BCUT2D eigenvalue weighted by molar-refractivity contribution is 0.107. The summed E-state index contributed by atoms with van der Waals surface area (Å²) in [6, 6.07) is 1.49. The maximum absolute atomic E-state index is 3.79.